The normalized spacial score (nSPS) is 16.4. The third kappa shape index (κ3) is 4.96. The van der Waals surface area contributed by atoms with E-state index >= 15 is 0 Å². The van der Waals surface area contributed by atoms with Crippen LogP contribution in [-0.4, -0.2) is 79.6 Å². The zero-order chi connectivity index (χ0) is 21.1. The number of carbonyl (C=O) groups excluding carboxylic acids is 1. The van der Waals surface area contributed by atoms with Crippen molar-refractivity contribution < 1.29 is 21.6 Å². The van der Waals surface area contributed by atoms with Crippen LogP contribution in [0.5, 0.6) is 0 Å². The molecule has 0 spiro atoms. The number of carbonyl (C=O) groups is 1. The second-order valence-corrected chi connectivity index (χ2v) is 11.2. The first-order chi connectivity index (χ1) is 13.7. The Hall–Kier alpha value is -1.98. The predicted octanol–water partition coefficient (Wildman–Crippen LogP) is 1.00. The lowest BCUT2D eigenvalue weighted by atomic mass is 10.3. The number of fused-ring (bicyclic) bond motifs is 1. The number of nitrogens with one attached hydrogen (secondary N) is 1. The molecule has 2 aromatic heterocycles. The van der Waals surface area contributed by atoms with Crippen LogP contribution < -0.4 is 0 Å². The fourth-order valence-electron chi connectivity index (χ4n) is 3.38. The average Bonchev–Trinajstić information content (AvgIpc) is 3.13. The Balaban J connectivity index is 1.62. The van der Waals surface area contributed by atoms with Crippen LogP contribution in [-0.2, 0) is 24.7 Å². The van der Waals surface area contributed by atoms with E-state index in [0.29, 0.717) is 17.5 Å². The van der Waals surface area contributed by atoms with Gasteiger partial charge < -0.3 is 9.88 Å². The van der Waals surface area contributed by atoms with Crippen molar-refractivity contribution in [1.29, 1.82) is 0 Å². The molecule has 160 valence electrons. The summed E-state index contributed by atoms with van der Waals surface area (Å²) in [7, 11) is -7.18. The van der Waals surface area contributed by atoms with E-state index in [1.165, 1.54) is 15.4 Å². The van der Waals surface area contributed by atoms with E-state index in [9.17, 15) is 21.6 Å². The molecule has 3 rings (SSSR count). The van der Waals surface area contributed by atoms with Gasteiger partial charge in [-0.2, -0.15) is 4.31 Å². The van der Waals surface area contributed by atoms with Gasteiger partial charge in [-0.1, -0.05) is 19.8 Å². The molecule has 11 heteroatoms. The van der Waals surface area contributed by atoms with Crippen LogP contribution in [0.25, 0.3) is 11.0 Å². The van der Waals surface area contributed by atoms with Crippen molar-refractivity contribution in [2.45, 2.75) is 31.1 Å². The van der Waals surface area contributed by atoms with Gasteiger partial charge in [0.2, 0.25) is 15.9 Å². The fraction of sp³-hybridized carbons (Fsp3) is 0.556. The molecule has 1 saturated heterocycles. The van der Waals surface area contributed by atoms with Crippen molar-refractivity contribution in [2.75, 3.05) is 37.7 Å². The standard InChI is InChI=1S/C18H26N4O5S2/c1-2-3-4-12-28(24,25)14-17(23)21-8-10-22(11-9-21)29(26,27)16-13-20-18-15(16)6-5-7-19-18/h5-7,13H,2-4,8-12,14H2,1H3,(H,19,20). The Morgan fingerprint density at radius 1 is 1.14 bits per heavy atom. The Bertz CT molecular complexity index is 1070. The predicted molar refractivity (Wildman–Crippen MR) is 110 cm³/mol. The number of hydrogen-bond acceptors (Lipinski definition) is 6. The van der Waals surface area contributed by atoms with E-state index in [2.05, 4.69) is 9.97 Å². The highest BCUT2D eigenvalue weighted by atomic mass is 32.2. The Morgan fingerprint density at radius 2 is 1.86 bits per heavy atom. The monoisotopic (exact) mass is 442 g/mol. The number of unbranched alkanes of at least 4 members (excludes halogenated alkanes) is 2. The lowest BCUT2D eigenvalue weighted by Crippen LogP contribution is -2.51. The number of rotatable bonds is 8. The van der Waals surface area contributed by atoms with E-state index in [1.54, 1.807) is 18.3 Å². The van der Waals surface area contributed by atoms with Crippen LogP contribution in [0.1, 0.15) is 26.2 Å². The highest BCUT2D eigenvalue weighted by molar-refractivity contribution is 7.92. The number of amides is 1. The van der Waals surface area contributed by atoms with E-state index in [0.717, 1.165) is 12.8 Å². The lowest BCUT2D eigenvalue weighted by Gasteiger charge is -2.33. The number of piperazine rings is 1. The molecule has 9 nitrogen and oxygen atoms in total. The number of hydrogen-bond donors (Lipinski definition) is 1. The molecule has 29 heavy (non-hydrogen) atoms. The molecule has 1 aliphatic heterocycles. The molecule has 0 radical (unpaired) electrons. The molecule has 3 heterocycles. The van der Waals surface area contributed by atoms with Gasteiger partial charge in [-0.3, -0.25) is 4.79 Å². The maximum absolute atomic E-state index is 13.0. The largest absolute Gasteiger partial charge is 0.345 e. The number of aromatic nitrogens is 2. The molecular formula is C18H26N4O5S2. The third-order valence-electron chi connectivity index (χ3n) is 5.02. The van der Waals surface area contributed by atoms with E-state index in [4.69, 9.17) is 0 Å². The quantitative estimate of drug-likeness (QED) is 0.609. The number of nitrogens with zero attached hydrogens (tertiary/aromatic N) is 3. The van der Waals surface area contributed by atoms with Gasteiger partial charge in [-0.15, -0.1) is 0 Å². The van der Waals surface area contributed by atoms with Crippen LogP contribution in [0.3, 0.4) is 0 Å². The lowest BCUT2D eigenvalue weighted by molar-refractivity contribution is -0.129. The van der Waals surface area contributed by atoms with Crippen LogP contribution in [0.15, 0.2) is 29.4 Å². The summed E-state index contributed by atoms with van der Waals surface area (Å²) in [6.45, 7) is 2.57. The number of H-pyrrole nitrogens is 1. The van der Waals surface area contributed by atoms with E-state index in [1.807, 2.05) is 6.92 Å². The van der Waals surface area contributed by atoms with E-state index in [-0.39, 0.29) is 36.8 Å². The topological polar surface area (TPSA) is 121 Å². The average molecular weight is 443 g/mol. The summed E-state index contributed by atoms with van der Waals surface area (Å²) in [5.41, 5.74) is 0.494. The fourth-order valence-corrected chi connectivity index (χ4v) is 6.30. The summed E-state index contributed by atoms with van der Waals surface area (Å²) in [5, 5.41) is 0.518. The molecule has 1 amide bonds. The third-order valence-corrected chi connectivity index (χ3v) is 8.56. The highest BCUT2D eigenvalue weighted by Crippen LogP contribution is 2.25. The van der Waals surface area contributed by atoms with Crippen molar-refractivity contribution >= 4 is 36.8 Å². The molecule has 0 atom stereocenters. The SMILES string of the molecule is CCCCCS(=O)(=O)CC(=O)N1CCN(S(=O)(=O)c2c[nH]c3ncccc23)CC1. The summed E-state index contributed by atoms with van der Waals surface area (Å²) in [6.07, 6.45) is 5.28. The van der Waals surface area contributed by atoms with Crippen molar-refractivity contribution in [2.24, 2.45) is 0 Å². The van der Waals surface area contributed by atoms with Crippen LogP contribution in [0.4, 0.5) is 0 Å². The molecular weight excluding hydrogens is 416 g/mol. The number of sulfone groups is 1. The van der Waals surface area contributed by atoms with Crippen LogP contribution in [0, 0.1) is 0 Å². The molecule has 1 N–H and O–H groups in total. The van der Waals surface area contributed by atoms with Crippen LogP contribution >= 0.6 is 0 Å². The highest BCUT2D eigenvalue weighted by Gasteiger charge is 2.32. The first-order valence-corrected chi connectivity index (χ1v) is 12.9. The smallest absolute Gasteiger partial charge is 0.245 e. The molecule has 0 unspecified atom stereocenters. The number of sulfonamides is 1. The maximum atomic E-state index is 13.0. The summed E-state index contributed by atoms with van der Waals surface area (Å²) in [4.78, 5) is 20.9. The van der Waals surface area contributed by atoms with Crippen LogP contribution in [0.2, 0.25) is 0 Å². The number of pyridine rings is 1. The van der Waals surface area contributed by atoms with Crippen molar-refractivity contribution in [3.8, 4) is 0 Å². The first-order valence-electron chi connectivity index (χ1n) is 9.65. The number of aromatic amines is 1. The zero-order valence-corrected chi connectivity index (χ0v) is 18.0. The summed E-state index contributed by atoms with van der Waals surface area (Å²) >= 11 is 0. The summed E-state index contributed by atoms with van der Waals surface area (Å²) < 4.78 is 51.5. The Morgan fingerprint density at radius 3 is 2.55 bits per heavy atom. The van der Waals surface area contributed by atoms with Crippen molar-refractivity contribution in [3.63, 3.8) is 0 Å². The van der Waals surface area contributed by atoms with Gasteiger partial charge >= 0.3 is 0 Å². The maximum Gasteiger partial charge on any atom is 0.245 e. The molecule has 1 aliphatic rings. The van der Waals surface area contributed by atoms with E-state index < -0.39 is 31.5 Å². The molecule has 0 aromatic carbocycles. The molecule has 0 aliphatic carbocycles. The van der Waals surface area contributed by atoms with Gasteiger partial charge in [-0.25, -0.2) is 21.8 Å². The Kier molecular flexibility index (Phi) is 6.59. The minimum Gasteiger partial charge on any atom is -0.345 e. The second-order valence-electron chi connectivity index (χ2n) is 7.14. The van der Waals surface area contributed by atoms with Gasteiger partial charge in [0.15, 0.2) is 9.84 Å². The molecule has 0 bridgehead atoms. The van der Waals surface area contributed by atoms with Crippen molar-refractivity contribution in [1.82, 2.24) is 19.2 Å². The zero-order valence-electron chi connectivity index (χ0n) is 16.4. The summed E-state index contributed by atoms with van der Waals surface area (Å²) in [5.74, 6) is -0.970. The Labute approximate surface area is 171 Å². The van der Waals surface area contributed by atoms with Gasteiger partial charge in [-0.05, 0) is 18.6 Å². The molecule has 0 saturated carbocycles. The van der Waals surface area contributed by atoms with Gasteiger partial charge in [0.05, 0.1) is 5.75 Å². The minimum absolute atomic E-state index is 0.00945. The van der Waals surface area contributed by atoms with Gasteiger partial charge in [0, 0.05) is 44.0 Å². The van der Waals surface area contributed by atoms with Gasteiger partial charge in [0.1, 0.15) is 16.3 Å². The minimum atomic E-state index is -3.74. The van der Waals surface area contributed by atoms with Gasteiger partial charge in [0.25, 0.3) is 0 Å². The summed E-state index contributed by atoms with van der Waals surface area (Å²) in [6, 6.07) is 3.36. The molecule has 1 fully saturated rings. The van der Waals surface area contributed by atoms with Crippen molar-refractivity contribution in [3.05, 3.63) is 24.5 Å². The first kappa shape index (κ1) is 21.7. The second kappa shape index (κ2) is 8.80. The molecule has 2 aromatic rings.